The molecular weight excluding hydrogens is 278 g/mol. The van der Waals surface area contributed by atoms with Crippen LogP contribution in [0.3, 0.4) is 0 Å². The maximum Gasteiger partial charge on any atom is 0.340 e. The molecule has 0 unspecified atom stereocenters. The van der Waals surface area contributed by atoms with Gasteiger partial charge in [-0.15, -0.1) is 11.8 Å². The first-order valence-electron chi connectivity index (χ1n) is 5.98. The van der Waals surface area contributed by atoms with E-state index in [1.54, 1.807) is 32.9 Å². The standard InChI is InChI=1S/C14H19NO4S/c1-14(2,3)19-13(17)10-7-8(20-5)6-9(11(10)15)12(16)18-4/h6-7H,15H2,1-5H3. The fourth-order valence-corrected chi connectivity index (χ4v) is 2.00. The average molecular weight is 297 g/mol. The first-order chi connectivity index (χ1) is 9.19. The number of hydrogen-bond acceptors (Lipinski definition) is 6. The summed E-state index contributed by atoms with van der Waals surface area (Å²) >= 11 is 1.40. The third-order valence-corrected chi connectivity index (χ3v) is 3.12. The van der Waals surface area contributed by atoms with Crippen molar-refractivity contribution >= 4 is 29.4 Å². The first-order valence-corrected chi connectivity index (χ1v) is 7.21. The Balaban J connectivity index is 3.32. The van der Waals surface area contributed by atoms with Crippen molar-refractivity contribution in [1.29, 1.82) is 0 Å². The van der Waals surface area contributed by atoms with Crippen LogP contribution in [-0.2, 0) is 9.47 Å². The highest BCUT2D eigenvalue weighted by molar-refractivity contribution is 7.98. The maximum absolute atomic E-state index is 12.1. The molecule has 0 heterocycles. The number of benzene rings is 1. The Morgan fingerprint density at radius 2 is 1.65 bits per heavy atom. The number of hydrogen-bond donors (Lipinski definition) is 1. The zero-order chi connectivity index (χ0) is 15.5. The molecule has 0 aromatic heterocycles. The van der Waals surface area contributed by atoms with Gasteiger partial charge in [0.1, 0.15) is 5.60 Å². The number of esters is 2. The van der Waals surface area contributed by atoms with Crippen molar-refractivity contribution in [1.82, 2.24) is 0 Å². The second-order valence-corrected chi connectivity index (χ2v) is 6.01. The molecule has 0 aliphatic carbocycles. The van der Waals surface area contributed by atoms with Gasteiger partial charge in [-0.3, -0.25) is 0 Å². The number of methoxy groups -OCH3 is 1. The Morgan fingerprint density at radius 3 is 2.05 bits per heavy atom. The molecule has 2 N–H and O–H groups in total. The van der Waals surface area contributed by atoms with Gasteiger partial charge in [0.05, 0.1) is 23.9 Å². The summed E-state index contributed by atoms with van der Waals surface area (Å²) in [5, 5.41) is 0. The molecule has 0 aliphatic heterocycles. The zero-order valence-corrected chi connectivity index (χ0v) is 13.1. The monoisotopic (exact) mass is 297 g/mol. The molecule has 0 saturated carbocycles. The average Bonchev–Trinajstić information content (AvgIpc) is 2.36. The summed E-state index contributed by atoms with van der Waals surface area (Å²) in [6, 6.07) is 3.21. The summed E-state index contributed by atoms with van der Waals surface area (Å²) in [6.45, 7) is 5.29. The van der Waals surface area contributed by atoms with Crippen molar-refractivity contribution in [2.75, 3.05) is 19.1 Å². The normalized spacial score (nSPS) is 11.1. The SMILES string of the molecule is COC(=O)c1cc(SC)cc(C(=O)OC(C)(C)C)c1N. The summed E-state index contributed by atoms with van der Waals surface area (Å²) < 4.78 is 9.96. The molecule has 1 aromatic carbocycles. The maximum atomic E-state index is 12.1. The Hall–Kier alpha value is -1.69. The van der Waals surface area contributed by atoms with Crippen LogP contribution in [0.5, 0.6) is 0 Å². The zero-order valence-electron chi connectivity index (χ0n) is 12.3. The number of carbonyl (C=O) groups excluding carboxylic acids is 2. The summed E-state index contributed by atoms with van der Waals surface area (Å²) in [5.41, 5.74) is 5.67. The molecule has 0 bridgehead atoms. The Labute approximate surface area is 122 Å². The highest BCUT2D eigenvalue weighted by Gasteiger charge is 2.24. The van der Waals surface area contributed by atoms with Gasteiger partial charge in [0.2, 0.25) is 0 Å². The number of nitrogen functional groups attached to an aromatic ring is 1. The van der Waals surface area contributed by atoms with E-state index >= 15 is 0 Å². The largest absolute Gasteiger partial charge is 0.465 e. The lowest BCUT2D eigenvalue weighted by Gasteiger charge is -2.20. The van der Waals surface area contributed by atoms with Crippen LogP contribution in [0.2, 0.25) is 0 Å². The van der Waals surface area contributed by atoms with Gasteiger partial charge in [-0.2, -0.15) is 0 Å². The summed E-state index contributed by atoms with van der Waals surface area (Å²) in [4.78, 5) is 24.6. The van der Waals surface area contributed by atoms with E-state index in [1.165, 1.54) is 18.9 Å². The third kappa shape index (κ3) is 3.90. The van der Waals surface area contributed by atoms with Crippen molar-refractivity contribution in [2.24, 2.45) is 0 Å². The predicted molar refractivity (Wildman–Crippen MR) is 79.1 cm³/mol. The molecular formula is C14H19NO4S. The van der Waals surface area contributed by atoms with Gasteiger partial charge in [-0.25, -0.2) is 9.59 Å². The van der Waals surface area contributed by atoms with Crippen LogP contribution < -0.4 is 5.73 Å². The number of nitrogens with two attached hydrogens (primary N) is 1. The lowest BCUT2D eigenvalue weighted by atomic mass is 10.1. The molecule has 0 saturated heterocycles. The van der Waals surface area contributed by atoms with Crippen molar-refractivity contribution in [3.63, 3.8) is 0 Å². The Morgan fingerprint density at radius 1 is 1.15 bits per heavy atom. The number of ether oxygens (including phenoxy) is 2. The predicted octanol–water partition coefficient (Wildman–Crippen LogP) is 2.73. The van der Waals surface area contributed by atoms with E-state index in [0.29, 0.717) is 0 Å². The number of thioether (sulfide) groups is 1. The fraction of sp³-hybridized carbons (Fsp3) is 0.429. The highest BCUT2D eigenvalue weighted by atomic mass is 32.2. The van der Waals surface area contributed by atoms with Gasteiger partial charge in [-0.1, -0.05) is 0 Å². The van der Waals surface area contributed by atoms with Crippen molar-refractivity contribution in [3.8, 4) is 0 Å². The first kappa shape index (κ1) is 16.4. The van der Waals surface area contributed by atoms with Gasteiger partial charge < -0.3 is 15.2 Å². The molecule has 0 aliphatic rings. The van der Waals surface area contributed by atoms with Crippen molar-refractivity contribution < 1.29 is 19.1 Å². The van der Waals surface area contributed by atoms with Gasteiger partial charge in [0.25, 0.3) is 0 Å². The van der Waals surface area contributed by atoms with Crippen LogP contribution in [0.4, 0.5) is 5.69 Å². The second-order valence-electron chi connectivity index (χ2n) is 5.13. The van der Waals surface area contributed by atoms with Crippen LogP contribution in [0, 0.1) is 0 Å². The van der Waals surface area contributed by atoms with Crippen molar-refractivity contribution in [3.05, 3.63) is 23.3 Å². The van der Waals surface area contributed by atoms with E-state index in [4.69, 9.17) is 10.5 Å². The summed E-state index contributed by atoms with van der Waals surface area (Å²) in [6.07, 6.45) is 1.84. The van der Waals surface area contributed by atoms with E-state index in [1.807, 2.05) is 6.26 Å². The second kappa shape index (κ2) is 6.17. The van der Waals surface area contributed by atoms with Crippen LogP contribution in [0.25, 0.3) is 0 Å². The molecule has 0 amide bonds. The molecule has 0 radical (unpaired) electrons. The van der Waals surface area contributed by atoms with Crippen molar-refractivity contribution in [2.45, 2.75) is 31.3 Å². The number of rotatable bonds is 3. The van der Waals surface area contributed by atoms with Gasteiger partial charge in [0, 0.05) is 4.90 Å². The van der Waals surface area contributed by atoms with E-state index in [-0.39, 0.29) is 16.8 Å². The highest BCUT2D eigenvalue weighted by Crippen LogP contribution is 2.28. The Kier molecular flexibility index (Phi) is 5.05. The number of carbonyl (C=O) groups is 2. The van der Waals surface area contributed by atoms with E-state index in [2.05, 4.69) is 4.74 Å². The van der Waals surface area contributed by atoms with Crippen LogP contribution in [-0.4, -0.2) is 30.9 Å². The van der Waals surface area contributed by atoms with E-state index in [9.17, 15) is 9.59 Å². The molecule has 0 atom stereocenters. The molecule has 0 fully saturated rings. The molecule has 0 spiro atoms. The lowest BCUT2D eigenvalue weighted by molar-refractivity contribution is 0.00705. The molecule has 1 aromatic rings. The lowest BCUT2D eigenvalue weighted by Crippen LogP contribution is -2.25. The third-order valence-electron chi connectivity index (χ3n) is 2.41. The number of anilines is 1. The topological polar surface area (TPSA) is 78.6 Å². The molecule has 5 nitrogen and oxygen atoms in total. The minimum atomic E-state index is -0.635. The van der Waals surface area contributed by atoms with E-state index < -0.39 is 17.5 Å². The molecule has 1 rings (SSSR count). The quantitative estimate of drug-likeness (QED) is 0.525. The molecule has 6 heteroatoms. The molecule has 20 heavy (non-hydrogen) atoms. The van der Waals surface area contributed by atoms with Crippen LogP contribution >= 0.6 is 11.8 Å². The van der Waals surface area contributed by atoms with E-state index in [0.717, 1.165) is 4.90 Å². The van der Waals surface area contributed by atoms with Crippen LogP contribution in [0.15, 0.2) is 17.0 Å². The summed E-state index contributed by atoms with van der Waals surface area (Å²) in [5.74, 6) is -1.14. The Bertz CT molecular complexity index is 535. The minimum absolute atomic E-state index is 0.0731. The summed E-state index contributed by atoms with van der Waals surface area (Å²) in [7, 11) is 1.26. The minimum Gasteiger partial charge on any atom is -0.465 e. The molecule has 110 valence electrons. The smallest absolute Gasteiger partial charge is 0.340 e. The van der Waals surface area contributed by atoms with Gasteiger partial charge in [-0.05, 0) is 39.2 Å². The fourth-order valence-electron chi connectivity index (χ4n) is 1.53. The van der Waals surface area contributed by atoms with Gasteiger partial charge >= 0.3 is 11.9 Å². The van der Waals surface area contributed by atoms with Crippen LogP contribution in [0.1, 0.15) is 41.5 Å². The van der Waals surface area contributed by atoms with Gasteiger partial charge in [0.15, 0.2) is 0 Å².